The van der Waals surface area contributed by atoms with Gasteiger partial charge in [0, 0.05) is 0 Å². The molecular formula is C6H7BrClN3. The molecule has 0 atom stereocenters. The van der Waals surface area contributed by atoms with E-state index < -0.39 is 0 Å². The number of nitrogens with zero attached hydrogens (tertiary/aromatic N) is 1. The smallest absolute Gasteiger partial charge is 0.154 e. The minimum Gasteiger partial charge on any atom is -0.396 e. The molecule has 0 unspecified atom stereocenters. The molecule has 1 heterocycles. The second-order valence-electron chi connectivity index (χ2n) is 2.13. The molecule has 0 radical (unpaired) electrons. The second kappa shape index (κ2) is 2.87. The quantitative estimate of drug-likeness (QED) is 0.677. The predicted molar refractivity (Wildman–Crippen MR) is 50.5 cm³/mol. The molecule has 0 spiro atoms. The van der Waals surface area contributed by atoms with Gasteiger partial charge in [-0.05, 0) is 22.9 Å². The van der Waals surface area contributed by atoms with Crippen molar-refractivity contribution in [3.8, 4) is 0 Å². The number of hydrogen-bond acceptors (Lipinski definition) is 3. The highest BCUT2D eigenvalue weighted by atomic mass is 79.9. The Morgan fingerprint density at radius 1 is 1.36 bits per heavy atom. The highest BCUT2D eigenvalue weighted by Crippen LogP contribution is 2.31. The van der Waals surface area contributed by atoms with E-state index in [9.17, 15) is 0 Å². The maximum atomic E-state index is 5.65. The zero-order valence-corrected chi connectivity index (χ0v) is 8.20. The molecule has 1 aromatic rings. The van der Waals surface area contributed by atoms with Crippen LogP contribution in [0.2, 0.25) is 5.15 Å². The minimum atomic E-state index is 0.253. The van der Waals surface area contributed by atoms with Crippen LogP contribution in [0.4, 0.5) is 11.4 Å². The van der Waals surface area contributed by atoms with Crippen LogP contribution in [0.25, 0.3) is 0 Å². The van der Waals surface area contributed by atoms with E-state index in [1.807, 2.05) is 0 Å². The normalized spacial score (nSPS) is 10.1. The highest BCUT2D eigenvalue weighted by Gasteiger charge is 2.08. The van der Waals surface area contributed by atoms with Gasteiger partial charge in [0.1, 0.15) is 0 Å². The molecule has 11 heavy (non-hydrogen) atoms. The van der Waals surface area contributed by atoms with Gasteiger partial charge in [0.25, 0.3) is 0 Å². The average molecular weight is 236 g/mol. The lowest BCUT2D eigenvalue weighted by Crippen LogP contribution is -2.00. The van der Waals surface area contributed by atoms with Crippen molar-refractivity contribution >= 4 is 38.9 Å². The number of nitrogen functional groups attached to an aromatic ring is 2. The third kappa shape index (κ3) is 1.41. The van der Waals surface area contributed by atoms with E-state index in [4.69, 9.17) is 23.1 Å². The van der Waals surface area contributed by atoms with E-state index in [0.29, 0.717) is 15.8 Å². The summed E-state index contributed by atoms with van der Waals surface area (Å²) in [6.45, 7) is 1.80. The fraction of sp³-hybridized carbons (Fsp3) is 0.167. The molecule has 5 heteroatoms. The Balaban J connectivity index is 3.46. The van der Waals surface area contributed by atoms with Crippen molar-refractivity contribution in [2.75, 3.05) is 11.5 Å². The van der Waals surface area contributed by atoms with Gasteiger partial charge in [0.15, 0.2) is 5.15 Å². The Morgan fingerprint density at radius 2 is 1.91 bits per heavy atom. The van der Waals surface area contributed by atoms with Gasteiger partial charge in [0.2, 0.25) is 0 Å². The van der Waals surface area contributed by atoms with E-state index in [1.165, 1.54) is 0 Å². The molecule has 1 aromatic heterocycles. The molecule has 0 aromatic carbocycles. The van der Waals surface area contributed by atoms with Crippen LogP contribution in [-0.2, 0) is 0 Å². The van der Waals surface area contributed by atoms with Gasteiger partial charge in [-0.1, -0.05) is 11.6 Å². The van der Waals surface area contributed by atoms with Gasteiger partial charge in [-0.25, -0.2) is 4.98 Å². The summed E-state index contributed by atoms with van der Waals surface area (Å²) < 4.78 is 0.708. The van der Waals surface area contributed by atoms with Gasteiger partial charge >= 0.3 is 0 Å². The van der Waals surface area contributed by atoms with Crippen LogP contribution < -0.4 is 11.5 Å². The molecule has 0 amide bonds. The number of nitrogens with two attached hydrogens (primary N) is 2. The zero-order valence-electron chi connectivity index (χ0n) is 5.86. The van der Waals surface area contributed by atoms with Crippen molar-refractivity contribution in [2.45, 2.75) is 6.92 Å². The van der Waals surface area contributed by atoms with Gasteiger partial charge in [-0.3, -0.25) is 0 Å². The number of pyridine rings is 1. The van der Waals surface area contributed by atoms with Crippen molar-refractivity contribution in [1.29, 1.82) is 0 Å². The molecule has 60 valence electrons. The summed E-state index contributed by atoms with van der Waals surface area (Å²) in [6, 6.07) is 0. The van der Waals surface area contributed by atoms with Crippen molar-refractivity contribution in [2.24, 2.45) is 0 Å². The molecule has 0 fully saturated rings. The van der Waals surface area contributed by atoms with E-state index in [2.05, 4.69) is 20.9 Å². The minimum absolute atomic E-state index is 0.253. The topological polar surface area (TPSA) is 64.9 Å². The predicted octanol–water partition coefficient (Wildman–Crippen LogP) is 1.97. The molecule has 0 aliphatic rings. The van der Waals surface area contributed by atoms with Crippen LogP contribution in [-0.4, -0.2) is 4.98 Å². The zero-order chi connectivity index (χ0) is 8.59. The monoisotopic (exact) mass is 235 g/mol. The van der Waals surface area contributed by atoms with E-state index in [-0.39, 0.29) is 5.15 Å². The largest absolute Gasteiger partial charge is 0.396 e. The van der Waals surface area contributed by atoms with Crippen molar-refractivity contribution < 1.29 is 0 Å². The summed E-state index contributed by atoms with van der Waals surface area (Å²) >= 11 is 8.89. The Labute approximate surface area is 77.9 Å². The van der Waals surface area contributed by atoms with Gasteiger partial charge in [-0.2, -0.15) is 0 Å². The third-order valence-corrected chi connectivity index (χ3v) is 2.62. The first-order valence-corrected chi connectivity index (χ1v) is 4.07. The Morgan fingerprint density at radius 3 is 2.45 bits per heavy atom. The molecule has 0 saturated heterocycles. The molecule has 0 bridgehead atoms. The first-order chi connectivity index (χ1) is 5.04. The number of aryl methyl sites for hydroxylation is 1. The molecular weight excluding hydrogens is 229 g/mol. The van der Waals surface area contributed by atoms with Gasteiger partial charge in [0.05, 0.1) is 21.5 Å². The number of halogens is 2. The van der Waals surface area contributed by atoms with Crippen LogP contribution in [0.1, 0.15) is 5.69 Å². The molecule has 1 rings (SSSR count). The Hall–Kier alpha value is -0.480. The molecule has 4 N–H and O–H groups in total. The number of aromatic nitrogens is 1. The summed E-state index contributed by atoms with van der Waals surface area (Å²) in [5.41, 5.74) is 12.6. The first-order valence-electron chi connectivity index (χ1n) is 2.90. The molecule has 0 saturated carbocycles. The van der Waals surface area contributed by atoms with Gasteiger partial charge < -0.3 is 11.5 Å². The summed E-state index contributed by atoms with van der Waals surface area (Å²) in [5, 5.41) is 0.253. The summed E-state index contributed by atoms with van der Waals surface area (Å²) in [4.78, 5) is 3.95. The maximum absolute atomic E-state index is 5.65. The SMILES string of the molecule is Cc1nc(Cl)c(N)c(N)c1Br. The lowest BCUT2D eigenvalue weighted by Gasteiger charge is -2.06. The Kier molecular flexibility index (Phi) is 2.25. The molecule has 3 nitrogen and oxygen atoms in total. The van der Waals surface area contributed by atoms with Crippen LogP contribution in [0.15, 0.2) is 4.47 Å². The highest BCUT2D eigenvalue weighted by molar-refractivity contribution is 9.10. The summed E-state index contributed by atoms with van der Waals surface area (Å²) in [6.07, 6.45) is 0. The fourth-order valence-corrected chi connectivity index (χ4v) is 1.21. The van der Waals surface area contributed by atoms with Crippen molar-refractivity contribution in [1.82, 2.24) is 4.98 Å². The average Bonchev–Trinajstić information content (AvgIpc) is 1.97. The number of hydrogen-bond donors (Lipinski definition) is 2. The van der Waals surface area contributed by atoms with Crippen molar-refractivity contribution in [3.63, 3.8) is 0 Å². The Bertz CT molecular complexity index is 274. The van der Waals surface area contributed by atoms with E-state index in [0.717, 1.165) is 5.69 Å². The standard InChI is InChI=1S/C6H7BrClN3/c1-2-3(7)4(9)5(10)6(8)11-2/h10H2,1H3,(H2,9,11). The summed E-state index contributed by atoms with van der Waals surface area (Å²) in [7, 11) is 0. The number of anilines is 2. The second-order valence-corrected chi connectivity index (χ2v) is 3.28. The first kappa shape index (κ1) is 8.62. The summed E-state index contributed by atoms with van der Waals surface area (Å²) in [5.74, 6) is 0. The maximum Gasteiger partial charge on any atom is 0.154 e. The van der Waals surface area contributed by atoms with Crippen LogP contribution in [0, 0.1) is 6.92 Å². The van der Waals surface area contributed by atoms with E-state index >= 15 is 0 Å². The van der Waals surface area contributed by atoms with Crippen LogP contribution in [0.3, 0.4) is 0 Å². The van der Waals surface area contributed by atoms with Crippen LogP contribution >= 0.6 is 27.5 Å². The lowest BCUT2D eigenvalue weighted by molar-refractivity contribution is 1.19. The molecule has 0 aliphatic carbocycles. The van der Waals surface area contributed by atoms with E-state index in [1.54, 1.807) is 6.92 Å². The molecule has 0 aliphatic heterocycles. The lowest BCUT2D eigenvalue weighted by atomic mass is 10.3. The van der Waals surface area contributed by atoms with Gasteiger partial charge in [-0.15, -0.1) is 0 Å². The van der Waals surface area contributed by atoms with Crippen LogP contribution in [0.5, 0.6) is 0 Å². The number of rotatable bonds is 0. The third-order valence-electron chi connectivity index (χ3n) is 1.33. The fourth-order valence-electron chi connectivity index (χ4n) is 0.681. The van der Waals surface area contributed by atoms with Crippen molar-refractivity contribution in [3.05, 3.63) is 15.3 Å².